The summed E-state index contributed by atoms with van der Waals surface area (Å²) in [4.78, 5) is 10.9. The lowest BCUT2D eigenvalue weighted by Crippen LogP contribution is -2.23. The molecule has 3 N–H and O–H groups in total. The first-order valence-corrected chi connectivity index (χ1v) is 6.24. The van der Waals surface area contributed by atoms with Gasteiger partial charge in [0.2, 0.25) is 0 Å². The lowest BCUT2D eigenvalue weighted by atomic mass is 9.77. The second-order valence-electron chi connectivity index (χ2n) is 6.60. The summed E-state index contributed by atoms with van der Waals surface area (Å²) in [5.74, 6) is -1.38. The molecule has 0 aliphatic rings. The minimum atomic E-state index is -0.940. The minimum absolute atomic E-state index is 0.117. The molecule has 4 nitrogen and oxygen atoms in total. The average molecular weight is 266 g/mol. The predicted molar refractivity (Wildman–Crippen MR) is 73.8 cm³/mol. The molecule has 1 aromatic carbocycles. The highest BCUT2D eigenvalue weighted by Gasteiger charge is 2.30. The maximum absolute atomic E-state index is 10.9. The SMILES string of the molecule is CC(C)(C)c1cc(O)c(O)c(C(C)(C)CC(=O)O)c1. The first-order chi connectivity index (χ1) is 8.45. The van der Waals surface area contributed by atoms with Crippen molar-refractivity contribution in [1.82, 2.24) is 0 Å². The third-order valence-corrected chi connectivity index (χ3v) is 3.28. The van der Waals surface area contributed by atoms with Crippen molar-refractivity contribution < 1.29 is 20.1 Å². The summed E-state index contributed by atoms with van der Waals surface area (Å²) in [6.07, 6.45) is -0.117. The lowest BCUT2D eigenvalue weighted by Gasteiger charge is -2.28. The van der Waals surface area contributed by atoms with E-state index in [1.165, 1.54) is 6.07 Å². The molecule has 0 radical (unpaired) electrons. The quantitative estimate of drug-likeness (QED) is 0.734. The summed E-state index contributed by atoms with van der Waals surface area (Å²) >= 11 is 0. The van der Waals surface area contributed by atoms with Gasteiger partial charge in [0, 0.05) is 11.0 Å². The van der Waals surface area contributed by atoms with Gasteiger partial charge in [-0.3, -0.25) is 4.79 Å². The van der Waals surface area contributed by atoms with Gasteiger partial charge in [-0.2, -0.15) is 0 Å². The number of carboxylic acid groups (broad SMARTS) is 1. The Morgan fingerprint density at radius 3 is 2.05 bits per heavy atom. The van der Waals surface area contributed by atoms with E-state index in [9.17, 15) is 15.0 Å². The highest BCUT2D eigenvalue weighted by atomic mass is 16.4. The van der Waals surface area contributed by atoms with Crippen LogP contribution in [0.1, 0.15) is 52.2 Å². The zero-order valence-electron chi connectivity index (χ0n) is 12.1. The standard InChI is InChI=1S/C15H22O4/c1-14(2,3)9-6-10(13(19)11(16)7-9)15(4,5)8-12(17)18/h6-7,16,19H,8H2,1-5H3,(H,17,18). The van der Waals surface area contributed by atoms with Crippen molar-refractivity contribution in [1.29, 1.82) is 0 Å². The highest BCUT2D eigenvalue weighted by molar-refractivity contribution is 5.69. The molecule has 0 bridgehead atoms. The molecule has 1 aromatic rings. The maximum Gasteiger partial charge on any atom is 0.304 e. The van der Waals surface area contributed by atoms with Crippen LogP contribution in [0.3, 0.4) is 0 Å². The number of hydrogen-bond donors (Lipinski definition) is 3. The summed E-state index contributed by atoms with van der Waals surface area (Å²) in [5.41, 5.74) is 0.365. The molecule has 4 heteroatoms. The molecule has 0 saturated carbocycles. The van der Waals surface area contributed by atoms with E-state index in [4.69, 9.17) is 5.11 Å². The molecule has 0 aliphatic carbocycles. The first-order valence-electron chi connectivity index (χ1n) is 6.24. The van der Waals surface area contributed by atoms with Gasteiger partial charge < -0.3 is 15.3 Å². The van der Waals surface area contributed by atoms with Crippen LogP contribution in [0, 0.1) is 0 Å². The van der Waals surface area contributed by atoms with Crippen LogP contribution in [0.15, 0.2) is 12.1 Å². The van der Waals surface area contributed by atoms with Crippen molar-refractivity contribution in [3.63, 3.8) is 0 Å². The maximum atomic E-state index is 10.9. The van der Waals surface area contributed by atoms with Crippen LogP contribution in [0.2, 0.25) is 0 Å². The van der Waals surface area contributed by atoms with Crippen LogP contribution in [-0.2, 0) is 15.6 Å². The van der Waals surface area contributed by atoms with E-state index >= 15 is 0 Å². The molecule has 106 valence electrons. The van der Waals surface area contributed by atoms with E-state index in [0.29, 0.717) is 5.56 Å². The number of benzene rings is 1. The summed E-state index contributed by atoms with van der Waals surface area (Å²) in [7, 11) is 0. The number of aliphatic carboxylic acids is 1. The molecule has 0 heterocycles. The Kier molecular flexibility index (Phi) is 3.84. The second kappa shape index (κ2) is 4.76. The van der Waals surface area contributed by atoms with Crippen LogP contribution in [0.4, 0.5) is 0 Å². The molecule has 0 saturated heterocycles. The Morgan fingerprint density at radius 2 is 1.63 bits per heavy atom. The number of aromatic hydroxyl groups is 2. The molecule has 1 rings (SSSR count). The van der Waals surface area contributed by atoms with Crippen LogP contribution in [-0.4, -0.2) is 21.3 Å². The molecule has 0 unspecified atom stereocenters. The van der Waals surface area contributed by atoms with E-state index in [-0.39, 0.29) is 23.3 Å². The van der Waals surface area contributed by atoms with Crippen LogP contribution >= 0.6 is 0 Å². The van der Waals surface area contributed by atoms with Gasteiger partial charge in [-0.1, -0.05) is 40.7 Å². The van der Waals surface area contributed by atoms with E-state index < -0.39 is 11.4 Å². The zero-order valence-corrected chi connectivity index (χ0v) is 12.1. The Balaban J connectivity index is 3.42. The number of carboxylic acids is 1. The number of carbonyl (C=O) groups is 1. The first kappa shape index (κ1) is 15.3. The topological polar surface area (TPSA) is 77.8 Å². The Hall–Kier alpha value is -1.71. The average Bonchev–Trinajstić information content (AvgIpc) is 2.17. The summed E-state index contributed by atoms with van der Waals surface area (Å²) in [5, 5.41) is 28.8. The van der Waals surface area contributed by atoms with E-state index in [1.54, 1.807) is 19.9 Å². The Labute approximate surface area is 113 Å². The van der Waals surface area contributed by atoms with Crippen molar-refractivity contribution in [3.8, 4) is 11.5 Å². The minimum Gasteiger partial charge on any atom is -0.504 e. The van der Waals surface area contributed by atoms with Crippen LogP contribution in [0.5, 0.6) is 11.5 Å². The van der Waals surface area contributed by atoms with Crippen molar-refractivity contribution >= 4 is 5.97 Å². The number of hydrogen-bond acceptors (Lipinski definition) is 3. The molecule has 0 aliphatic heterocycles. The largest absolute Gasteiger partial charge is 0.504 e. The van der Waals surface area contributed by atoms with Crippen molar-refractivity contribution in [3.05, 3.63) is 23.3 Å². The van der Waals surface area contributed by atoms with E-state index in [0.717, 1.165) is 5.56 Å². The van der Waals surface area contributed by atoms with Crippen molar-refractivity contribution in [2.75, 3.05) is 0 Å². The summed E-state index contributed by atoms with van der Waals surface area (Å²) in [6, 6.07) is 3.30. The molecular formula is C15H22O4. The monoisotopic (exact) mass is 266 g/mol. The van der Waals surface area contributed by atoms with E-state index in [2.05, 4.69) is 0 Å². The highest BCUT2D eigenvalue weighted by Crippen LogP contribution is 2.42. The fourth-order valence-electron chi connectivity index (χ4n) is 2.04. The normalized spacial score (nSPS) is 12.5. The fraction of sp³-hybridized carbons (Fsp3) is 0.533. The molecule has 0 fully saturated rings. The van der Waals surface area contributed by atoms with Crippen molar-refractivity contribution in [2.24, 2.45) is 0 Å². The Bertz CT molecular complexity index is 496. The predicted octanol–water partition coefficient (Wildman–Crippen LogP) is 3.15. The number of phenols is 2. The molecular weight excluding hydrogens is 244 g/mol. The fourth-order valence-corrected chi connectivity index (χ4v) is 2.04. The van der Waals surface area contributed by atoms with Gasteiger partial charge in [-0.05, 0) is 17.0 Å². The molecule has 19 heavy (non-hydrogen) atoms. The van der Waals surface area contributed by atoms with Gasteiger partial charge in [-0.25, -0.2) is 0 Å². The van der Waals surface area contributed by atoms with Gasteiger partial charge in [-0.15, -0.1) is 0 Å². The summed E-state index contributed by atoms with van der Waals surface area (Å²) < 4.78 is 0. The molecule has 0 amide bonds. The van der Waals surface area contributed by atoms with E-state index in [1.807, 2.05) is 20.8 Å². The van der Waals surface area contributed by atoms with Gasteiger partial charge >= 0.3 is 5.97 Å². The van der Waals surface area contributed by atoms with Crippen LogP contribution in [0.25, 0.3) is 0 Å². The third kappa shape index (κ3) is 3.40. The van der Waals surface area contributed by atoms with Gasteiger partial charge in [0.15, 0.2) is 11.5 Å². The lowest BCUT2D eigenvalue weighted by molar-refractivity contribution is -0.138. The number of phenolic OH excluding ortho intramolecular Hbond substituents is 2. The summed E-state index contributed by atoms with van der Waals surface area (Å²) in [6.45, 7) is 9.45. The Morgan fingerprint density at radius 1 is 1.11 bits per heavy atom. The zero-order chi connectivity index (χ0) is 15.0. The second-order valence-corrected chi connectivity index (χ2v) is 6.60. The number of rotatable bonds is 3. The smallest absolute Gasteiger partial charge is 0.304 e. The van der Waals surface area contributed by atoms with Gasteiger partial charge in [0.25, 0.3) is 0 Å². The van der Waals surface area contributed by atoms with Gasteiger partial charge in [0.1, 0.15) is 0 Å². The van der Waals surface area contributed by atoms with Gasteiger partial charge in [0.05, 0.1) is 6.42 Å². The molecule has 0 atom stereocenters. The van der Waals surface area contributed by atoms with Crippen molar-refractivity contribution in [2.45, 2.75) is 51.9 Å². The molecule has 0 spiro atoms. The molecule has 0 aromatic heterocycles. The third-order valence-electron chi connectivity index (χ3n) is 3.28. The van der Waals surface area contributed by atoms with Crippen LogP contribution < -0.4 is 0 Å².